The van der Waals surface area contributed by atoms with Crippen molar-refractivity contribution in [2.75, 3.05) is 7.11 Å². The van der Waals surface area contributed by atoms with Gasteiger partial charge in [-0.3, -0.25) is 0 Å². The molecule has 1 rings (SSSR count). The summed E-state index contributed by atoms with van der Waals surface area (Å²) in [6, 6.07) is 7.15. The summed E-state index contributed by atoms with van der Waals surface area (Å²) < 4.78 is 9.02. The van der Waals surface area contributed by atoms with Crippen molar-refractivity contribution in [1.29, 1.82) is 0 Å². The number of benzene rings is 1. The molecule has 4 heteroatoms. The van der Waals surface area contributed by atoms with Crippen LogP contribution >= 0.6 is 11.6 Å². The highest BCUT2D eigenvalue weighted by molar-refractivity contribution is 6.31. The van der Waals surface area contributed by atoms with Crippen molar-refractivity contribution < 1.29 is 14.3 Å². The van der Waals surface area contributed by atoms with E-state index in [9.17, 15) is 4.79 Å². The van der Waals surface area contributed by atoms with Gasteiger partial charge < -0.3 is 9.47 Å². The molecule has 1 aromatic carbocycles. The maximum Gasteiger partial charge on any atom is 0.508 e. The third kappa shape index (κ3) is 2.95. The monoisotopic (exact) mass is 200 g/mol. The Bertz CT molecular complexity index is 299. The average Bonchev–Trinajstić information content (AvgIpc) is 2.16. The lowest BCUT2D eigenvalue weighted by molar-refractivity contribution is 0.0669. The fraction of sp³-hybridized carbons (Fsp3) is 0.222. The van der Waals surface area contributed by atoms with E-state index in [0.717, 1.165) is 5.56 Å². The SMILES string of the molecule is COC(=O)OCc1ccccc1Cl. The lowest BCUT2D eigenvalue weighted by Gasteiger charge is -2.04. The molecule has 13 heavy (non-hydrogen) atoms. The zero-order valence-corrected chi connectivity index (χ0v) is 7.88. The molecule has 0 heterocycles. The minimum absolute atomic E-state index is 0.131. The minimum atomic E-state index is -0.708. The van der Waals surface area contributed by atoms with Gasteiger partial charge in [-0.15, -0.1) is 0 Å². The van der Waals surface area contributed by atoms with Crippen molar-refractivity contribution in [3.05, 3.63) is 34.9 Å². The summed E-state index contributed by atoms with van der Waals surface area (Å²) in [5.41, 5.74) is 0.759. The Hall–Kier alpha value is -1.22. The number of carbonyl (C=O) groups is 1. The third-order valence-electron chi connectivity index (χ3n) is 1.47. The smallest absolute Gasteiger partial charge is 0.438 e. The van der Waals surface area contributed by atoms with Crippen LogP contribution in [0.4, 0.5) is 4.79 Å². The Labute approximate surface area is 81.2 Å². The van der Waals surface area contributed by atoms with Crippen LogP contribution in [0.5, 0.6) is 0 Å². The quantitative estimate of drug-likeness (QED) is 0.689. The molecule has 0 bridgehead atoms. The molecule has 0 unspecified atom stereocenters. The fourth-order valence-corrected chi connectivity index (χ4v) is 1.00. The minimum Gasteiger partial charge on any atom is -0.438 e. The van der Waals surface area contributed by atoms with E-state index in [-0.39, 0.29) is 6.61 Å². The number of rotatable bonds is 2. The Kier molecular flexibility index (Phi) is 3.58. The van der Waals surface area contributed by atoms with Gasteiger partial charge in [-0.2, -0.15) is 0 Å². The van der Waals surface area contributed by atoms with Crippen molar-refractivity contribution in [1.82, 2.24) is 0 Å². The predicted molar refractivity (Wildman–Crippen MR) is 48.6 cm³/mol. The zero-order chi connectivity index (χ0) is 9.68. The van der Waals surface area contributed by atoms with Crippen LogP contribution in [0.3, 0.4) is 0 Å². The maximum atomic E-state index is 10.6. The zero-order valence-electron chi connectivity index (χ0n) is 7.12. The van der Waals surface area contributed by atoms with Crippen LogP contribution < -0.4 is 0 Å². The number of ether oxygens (including phenoxy) is 2. The van der Waals surface area contributed by atoms with E-state index in [1.165, 1.54) is 7.11 Å². The molecular formula is C9H9ClO3. The summed E-state index contributed by atoms with van der Waals surface area (Å²) in [4.78, 5) is 10.6. The number of hydrogen-bond donors (Lipinski definition) is 0. The number of halogens is 1. The van der Waals surface area contributed by atoms with E-state index < -0.39 is 6.16 Å². The van der Waals surface area contributed by atoms with Gasteiger partial charge >= 0.3 is 6.16 Å². The third-order valence-corrected chi connectivity index (χ3v) is 1.84. The fourth-order valence-electron chi connectivity index (χ4n) is 0.811. The molecule has 0 aliphatic carbocycles. The Morgan fingerprint density at radius 3 is 2.77 bits per heavy atom. The van der Waals surface area contributed by atoms with E-state index in [4.69, 9.17) is 16.3 Å². The largest absolute Gasteiger partial charge is 0.508 e. The molecule has 0 aliphatic heterocycles. The molecule has 0 saturated carbocycles. The Morgan fingerprint density at radius 1 is 1.46 bits per heavy atom. The van der Waals surface area contributed by atoms with Gasteiger partial charge in [0.1, 0.15) is 6.61 Å². The highest BCUT2D eigenvalue weighted by atomic mass is 35.5. The molecular weight excluding hydrogens is 192 g/mol. The molecule has 0 N–H and O–H groups in total. The molecule has 0 radical (unpaired) electrons. The molecule has 0 amide bonds. The van der Waals surface area contributed by atoms with Gasteiger partial charge in [-0.25, -0.2) is 4.79 Å². The van der Waals surface area contributed by atoms with Crippen molar-refractivity contribution in [2.24, 2.45) is 0 Å². The van der Waals surface area contributed by atoms with Crippen molar-refractivity contribution in [2.45, 2.75) is 6.61 Å². The lowest BCUT2D eigenvalue weighted by atomic mass is 10.2. The van der Waals surface area contributed by atoms with Crippen LogP contribution in [0.1, 0.15) is 5.56 Å². The van der Waals surface area contributed by atoms with Crippen LogP contribution in [0.25, 0.3) is 0 Å². The van der Waals surface area contributed by atoms with Gasteiger partial charge in [-0.05, 0) is 6.07 Å². The topological polar surface area (TPSA) is 35.5 Å². The van der Waals surface area contributed by atoms with Crippen LogP contribution in [0.15, 0.2) is 24.3 Å². The summed E-state index contributed by atoms with van der Waals surface area (Å²) in [6.07, 6.45) is -0.708. The second kappa shape index (κ2) is 4.72. The molecule has 3 nitrogen and oxygen atoms in total. The molecule has 0 spiro atoms. The van der Waals surface area contributed by atoms with Crippen LogP contribution in [0, 0.1) is 0 Å². The highest BCUT2D eigenvalue weighted by Crippen LogP contribution is 2.15. The number of hydrogen-bond acceptors (Lipinski definition) is 3. The molecule has 1 aromatic rings. The summed E-state index contributed by atoms with van der Waals surface area (Å²) in [5, 5.41) is 0.575. The highest BCUT2D eigenvalue weighted by Gasteiger charge is 2.03. The first kappa shape index (κ1) is 9.86. The predicted octanol–water partition coefficient (Wildman–Crippen LogP) is 2.62. The molecule has 70 valence electrons. The van der Waals surface area contributed by atoms with E-state index in [0.29, 0.717) is 5.02 Å². The molecule has 0 aromatic heterocycles. The van der Waals surface area contributed by atoms with Gasteiger partial charge in [0.2, 0.25) is 0 Å². The summed E-state index contributed by atoms with van der Waals surface area (Å²) in [6.45, 7) is 0.131. The van der Waals surface area contributed by atoms with E-state index in [1.807, 2.05) is 12.1 Å². The lowest BCUT2D eigenvalue weighted by Crippen LogP contribution is -2.04. The maximum absolute atomic E-state index is 10.6. The second-order valence-corrected chi connectivity index (χ2v) is 2.74. The second-order valence-electron chi connectivity index (χ2n) is 2.33. The van der Waals surface area contributed by atoms with Crippen LogP contribution in [-0.2, 0) is 16.1 Å². The van der Waals surface area contributed by atoms with Crippen molar-refractivity contribution in [3.8, 4) is 0 Å². The first-order valence-corrected chi connectivity index (χ1v) is 4.06. The summed E-state index contributed by atoms with van der Waals surface area (Å²) in [7, 11) is 1.26. The Morgan fingerprint density at radius 2 is 2.15 bits per heavy atom. The molecule has 0 aliphatic rings. The normalized spacial score (nSPS) is 9.38. The van der Waals surface area contributed by atoms with E-state index in [1.54, 1.807) is 12.1 Å². The summed E-state index contributed by atoms with van der Waals surface area (Å²) >= 11 is 5.82. The number of methoxy groups -OCH3 is 1. The van der Waals surface area contributed by atoms with Gasteiger partial charge in [0.05, 0.1) is 7.11 Å². The van der Waals surface area contributed by atoms with Crippen molar-refractivity contribution >= 4 is 17.8 Å². The Balaban J connectivity index is 2.54. The van der Waals surface area contributed by atoms with E-state index >= 15 is 0 Å². The molecule has 0 fully saturated rings. The van der Waals surface area contributed by atoms with Gasteiger partial charge in [0.15, 0.2) is 0 Å². The standard InChI is InChI=1S/C9H9ClO3/c1-12-9(11)13-6-7-4-2-3-5-8(7)10/h2-5H,6H2,1H3. The van der Waals surface area contributed by atoms with Gasteiger partial charge in [0.25, 0.3) is 0 Å². The van der Waals surface area contributed by atoms with Crippen LogP contribution in [-0.4, -0.2) is 13.3 Å². The molecule has 0 atom stereocenters. The first-order chi connectivity index (χ1) is 6.24. The van der Waals surface area contributed by atoms with Gasteiger partial charge in [-0.1, -0.05) is 29.8 Å². The summed E-state index contributed by atoms with van der Waals surface area (Å²) in [5.74, 6) is 0. The first-order valence-electron chi connectivity index (χ1n) is 3.68. The number of carbonyl (C=O) groups excluding carboxylic acids is 1. The van der Waals surface area contributed by atoms with Crippen LogP contribution in [0.2, 0.25) is 5.02 Å². The average molecular weight is 201 g/mol. The van der Waals surface area contributed by atoms with E-state index in [2.05, 4.69) is 4.74 Å². The molecule has 0 saturated heterocycles. The van der Waals surface area contributed by atoms with Gasteiger partial charge in [0, 0.05) is 10.6 Å². The van der Waals surface area contributed by atoms with Crippen molar-refractivity contribution in [3.63, 3.8) is 0 Å².